The molecule has 0 bridgehead atoms. The normalized spacial score (nSPS) is 11.1. The Morgan fingerprint density at radius 3 is 2.38 bits per heavy atom. The first-order valence-corrected chi connectivity index (χ1v) is 11.5. The third kappa shape index (κ3) is 4.33. The van der Waals surface area contributed by atoms with Gasteiger partial charge in [-0.1, -0.05) is 76.5 Å². The molecule has 0 amide bonds. The summed E-state index contributed by atoms with van der Waals surface area (Å²) in [5.74, 6) is 2.13. The van der Waals surface area contributed by atoms with E-state index in [4.69, 9.17) is 16.1 Å². The van der Waals surface area contributed by atoms with Crippen LogP contribution in [0, 0.1) is 6.92 Å². The fraction of sp³-hybridized carbons (Fsp3) is 0.0800. The largest absolute Gasteiger partial charge is 0.356 e. The number of aromatic nitrogens is 4. The minimum absolute atomic E-state index is 0.612. The Kier molecular flexibility index (Phi) is 5.79. The summed E-state index contributed by atoms with van der Waals surface area (Å²) in [6.07, 6.45) is 0. The molecule has 0 radical (unpaired) electrons. The van der Waals surface area contributed by atoms with Gasteiger partial charge in [0.2, 0.25) is 0 Å². The molecule has 0 unspecified atom stereocenters. The molecule has 32 heavy (non-hydrogen) atoms. The Morgan fingerprint density at radius 1 is 0.875 bits per heavy atom. The minimum Gasteiger partial charge on any atom is -0.356 e. The molecule has 2 heterocycles. The smallest absolute Gasteiger partial charge is 0.196 e. The van der Waals surface area contributed by atoms with Gasteiger partial charge in [0.05, 0.1) is 5.69 Å². The molecule has 0 aliphatic heterocycles. The maximum absolute atomic E-state index is 6.08. The fourth-order valence-electron chi connectivity index (χ4n) is 3.33. The highest BCUT2D eigenvalue weighted by atomic mass is 35.5. The molecular weight excluding hydrogens is 440 g/mol. The van der Waals surface area contributed by atoms with E-state index in [-0.39, 0.29) is 0 Å². The number of hydrogen-bond donors (Lipinski definition) is 0. The van der Waals surface area contributed by atoms with Gasteiger partial charge in [-0.05, 0) is 43.3 Å². The molecule has 0 saturated heterocycles. The van der Waals surface area contributed by atoms with Gasteiger partial charge in [0.1, 0.15) is 0 Å². The van der Waals surface area contributed by atoms with Crippen molar-refractivity contribution in [2.45, 2.75) is 17.8 Å². The first-order valence-electron chi connectivity index (χ1n) is 10.1. The van der Waals surface area contributed by atoms with E-state index >= 15 is 0 Å². The minimum atomic E-state index is 0.612. The molecule has 5 rings (SSSR count). The lowest BCUT2D eigenvalue weighted by molar-refractivity contribution is 0.426. The summed E-state index contributed by atoms with van der Waals surface area (Å²) in [5, 5.41) is 14.7. The van der Waals surface area contributed by atoms with Gasteiger partial charge in [-0.3, -0.25) is 4.57 Å². The molecule has 0 fully saturated rings. The van der Waals surface area contributed by atoms with Crippen LogP contribution in [0.3, 0.4) is 0 Å². The van der Waals surface area contributed by atoms with E-state index in [1.54, 1.807) is 11.8 Å². The Balaban J connectivity index is 1.45. The van der Waals surface area contributed by atoms with E-state index in [9.17, 15) is 0 Å². The Hall–Kier alpha value is -3.35. The van der Waals surface area contributed by atoms with Crippen molar-refractivity contribution in [3.05, 3.63) is 101 Å². The van der Waals surface area contributed by atoms with Crippen LogP contribution in [-0.2, 0) is 5.75 Å². The van der Waals surface area contributed by atoms with E-state index < -0.39 is 0 Å². The molecule has 0 saturated carbocycles. The van der Waals surface area contributed by atoms with Crippen molar-refractivity contribution in [1.82, 2.24) is 19.9 Å². The molecule has 0 aliphatic carbocycles. The highest BCUT2D eigenvalue weighted by Crippen LogP contribution is 2.31. The zero-order valence-corrected chi connectivity index (χ0v) is 18.8. The summed E-state index contributed by atoms with van der Waals surface area (Å²) in [5.41, 5.74) is 4.99. The SMILES string of the molecule is Cc1ccc(-n2c(SCc3cc(-c4ccccc4)on3)nnc2-c2ccc(Cl)cc2)cc1. The zero-order valence-electron chi connectivity index (χ0n) is 17.3. The van der Waals surface area contributed by atoms with E-state index in [0.717, 1.165) is 39.2 Å². The molecule has 3 aromatic carbocycles. The first-order chi connectivity index (χ1) is 15.7. The first kappa shape index (κ1) is 20.5. The Bertz CT molecular complexity index is 1330. The molecule has 2 aromatic heterocycles. The van der Waals surface area contributed by atoms with Crippen LogP contribution in [0.5, 0.6) is 0 Å². The third-order valence-electron chi connectivity index (χ3n) is 4.99. The van der Waals surface area contributed by atoms with Gasteiger partial charge in [0, 0.05) is 33.7 Å². The topological polar surface area (TPSA) is 56.7 Å². The van der Waals surface area contributed by atoms with Gasteiger partial charge in [0.25, 0.3) is 0 Å². The maximum Gasteiger partial charge on any atom is 0.196 e. The van der Waals surface area contributed by atoms with Crippen LogP contribution in [-0.4, -0.2) is 19.9 Å². The molecule has 5 nitrogen and oxygen atoms in total. The van der Waals surface area contributed by atoms with Crippen molar-refractivity contribution in [3.63, 3.8) is 0 Å². The Labute approximate surface area is 195 Å². The second kappa shape index (κ2) is 9.02. The lowest BCUT2D eigenvalue weighted by atomic mass is 10.2. The van der Waals surface area contributed by atoms with Crippen LogP contribution in [0.4, 0.5) is 0 Å². The fourth-order valence-corrected chi connectivity index (χ4v) is 4.29. The van der Waals surface area contributed by atoms with Crippen molar-refractivity contribution < 1.29 is 4.52 Å². The van der Waals surface area contributed by atoms with Crippen molar-refractivity contribution in [3.8, 4) is 28.4 Å². The second-order valence-electron chi connectivity index (χ2n) is 7.32. The quantitative estimate of drug-likeness (QED) is 0.260. The number of thioether (sulfide) groups is 1. The number of benzene rings is 3. The van der Waals surface area contributed by atoms with Crippen LogP contribution in [0.15, 0.2) is 94.6 Å². The second-order valence-corrected chi connectivity index (χ2v) is 8.70. The number of nitrogens with zero attached hydrogens (tertiary/aromatic N) is 4. The Morgan fingerprint density at radius 2 is 1.62 bits per heavy atom. The summed E-state index contributed by atoms with van der Waals surface area (Å²) in [6, 6.07) is 27.9. The summed E-state index contributed by atoms with van der Waals surface area (Å²) >= 11 is 7.65. The van der Waals surface area contributed by atoms with Crippen molar-refractivity contribution >= 4 is 23.4 Å². The average Bonchev–Trinajstić information content (AvgIpc) is 3.47. The lowest BCUT2D eigenvalue weighted by Gasteiger charge is -2.10. The maximum atomic E-state index is 6.08. The number of halogens is 1. The molecule has 0 aliphatic rings. The standard InChI is InChI=1S/C25H19ClN4OS/c1-17-7-13-22(14-8-17)30-24(19-9-11-20(26)12-10-19)27-28-25(30)32-16-21-15-23(31-29-21)18-5-3-2-4-6-18/h2-15H,16H2,1H3. The van der Waals surface area contributed by atoms with Crippen LogP contribution >= 0.6 is 23.4 Å². The van der Waals surface area contributed by atoms with E-state index in [1.807, 2.05) is 60.7 Å². The monoisotopic (exact) mass is 458 g/mol. The van der Waals surface area contributed by atoms with Crippen molar-refractivity contribution in [1.29, 1.82) is 0 Å². The van der Waals surface area contributed by atoms with E-state index in [2.05, 4.69) is 51.1 Å². The molecule has 0 spiro atoms. The highest BCUT2D eigenvalue weighted by molar-refractivity contribution is 7.98. The summed E-state index contributed by atoms with van der Waals surface area (Å²) in [4.78, 5) is 0. The van der Waals surface area contributed by atoms with Gasteiger partial charge < -0.3 is 4.52 Å². The van der Waals surface area contributed by atoms with Crippen molar-refractivity contribution in [2.75, 3.05) is 0 Å². The molecule has 158 valence electrons. The summed E-state index contributed by atoms with van der Waals surface area (Å²) < 4.78 is 7.60. The van der Waals surface area contributed by atoms with Gasteiger partial charge in [-0.15, -0.1) is 10.2 Å². The van der Waals surface area contributed by atoms with E-state index in [0.29, 0.717) is 10.8 Å². The molecular formula is C25H19ClN4OS. The number of rotatable bonds is 6. The number of hydrogen-bond acceptors (Lipinski definition) is 5. The van der Waals surface area contributed by atoms with Gasteiger partial charge >= 0.3 is 0 Å². The van der Waals surface area contributed by atoms with Crippen LogP contribution in [0.25, 0.3) is 28.4 Å². The number of aryl methyl sites for hydroxylation is 1. The average molecular weight is 459 g/mol. The molecule has 5 aromatic rings. The van der Waals surface area contributed by atoms with Crippen LogP contribution < -0.4 is 0 Å². The van der Waals surface area contributed by atoms with Gasteiger partial charge in [0.15, 0.2) is 16.7 Å². The van der Waals surface area contributed by atoms with Crippen LogP contribution in [0.1, 0.15) is 11.3 Å². The zero-order chi connectivity index (χ0) is 21.9. The van der Waals surface area contributed by atoms with Gasteiger partial charge in [-0.25, -0.2) is 0 Å². The van der Waals surface area contributed by atoms with E-state index in [1.165, 1.54) is 5.56 Å². The third-order valence-corrected chi connectivity index (χ3v) is 6.21. The summed E-state index contributed by atoms with van der Waals surface area (Å²) in [6.45, 7) is 2.07. The predicted octanol–water partition coefficient (Wildman–Crippen LogP) is 6.84. The molecule has 0 atom stereocenters. The molecule has 0 N–H and O–H groups in total. The van der Waals surface area contributed by atoms with Crippen molar-refractivity contribution in [2.24, 2.45) is 0 Å². The highest BCUT2D eigenvalue weighted by Gasteiger charge is 2.17. The van der Waals surface area contributed by atoms with Crippen LogP contribution in [0.2, 0.25) is 5.02 Å². The summed E-state index contributed by atoms with van der Waals surface area (Å²) in [7, 11) is 0. The lowest BCUT2D eigenvalue weighted by Crippen LogP contribution is -2.00. The van der Waals surface area contributed by atoms with Gasteiger partial charge in [-0.2, -0.15) is 0 Å². The predicted molar refractivity (Wildman–Crippen MR) is 128 cm³/mol. The molecule has 7 heteroatoms.